The van der Waals surface area contributed by atoms with Crippen LogP contribution in [0.25, 0.3) is 0 Å². The van der Waals surface area contributed by atoms with Gasteiger partial charge in [-0.3, -0.25) is 14.6 Å². The summed E-state index contributed by atoms with van der Waals surface area (Å²) in [6, 6.07) is 9.60. The van der Waals surface area contributed by atoms with Gasteiger partial charge in [-0.1, -0.05) is 19.1 Å². The Morgan fingerprint density at radius 2 is 1.91 bits per heavy atom. The van der Waals surface area contributed by atoms with E-state index in [0.717, 1.165) is 6.92 Å². The number of amides is 1. The third-order valence-corrected chi connectivity index (χ3v) is 7.16. The predicted octanol–water partition coefficient (Wildman–Crippen LogP) is 5.01. The van der Waals surface area contributed by atoms with Crippen molar-refractivity contribution in [3.05, 3.63) is 65.2 Å². The molecule has 35 heavy (non-hydrogen) atoms. The van der Waals surface area contributed by atoms with Crippen molar-refractivity contribution in [2.75, 3.05) is 20.6 Å². The average molecular weight is 490 g/mol. The van der Waals surface area contributed by atoms with Gasteiger partial charge in [-0.2, -0.15) is 0 Å². The van der Waals surface area contributed by atoms with Gasteiger partial charge in [0, 0.05) is 48.7 Å². The van der Waals surface area contributed by atoms with Gasteiger partial charge in [0.2, 0.25) is 5.91 Å². The van der Waals surface area contributed by atoms with Gasteiger partial charge in [-0.25, -0.2) is 13.2 Å². The molecule has 0 radical (unpaired) electrons. The molecule has 2 atom stereocenters. The zero-order chi connectivity index (χ0) is 25.8. The Hall–Kier alpha value is -2.74. The molecule has 1 heterocycles. The number of benzene rings is 1. The summed E-state index contributed by atoms with van der Waals surface area (Å²) in [5, 5.41) is 2.89. The Bertz CT molecular complexity index is 1030. The van der Waals surface area contributed by atoms with E-state index in [0.29, 0.717) is 30.5 Å². The summed E-state index contributed by atoms with van der Waals surface area (Å²) in [6.07, 6.45) is 2.87. The van der Waals surface area contributed by atoms with Gasteiger partial charge in [0.25, 0.3) is 5.92 Å². The first kappa shape index (κ1) is 26.9. The molecule has 1 saturated carbocycles. The second kappa shape index (κ2) is 10.9. The molecular weight excluding hydrogens is 455 g/mol. The monoisotopic (exact) mass is 489 g/mol. The zero-order valence-electron chi connectivity index (χ0n) is 20.8. The van der Waals surface area contributed by atoms with Crippen molar-refractivity contribution < 1.29 is 22.8 Å². The number of carbonyl (C=O) groups excluding carboxylic acids is 2. The van der Waals surface area contributed by atoms with E-state index in [-0.39, 0.29) is 42.7 Å². The van der Waals surface area contributed by atoms with Crippen LogP contribution in [0.2, 0.25) is 0 Å². The summed E-state index contributed by atoms with van der Waals surface area (Å²) in [4.78, 5) is 31.0. The van der Waals surface area contributed by atoms with Crippen LogP contribution in [0.3, 0.4) is 0 Å². The van der Waals surface area contributed by atoms with Crippen LogP contribution in [-0.4, -0.2) is 54.2 Å². The lowest BCUT2D eigenvalue weighted by Gasteiger charge is -2.31. The number of carbonyl (C=O) groups is 2. The third kappa shape index (κ3) is 6.28. The topological polar surface area (TPSA) is 62.3 Å². The number of hydrogen-bond donors (Lipinski definition) is 1. The van der Waals surface area contributed by atoms with Crippen molar-refractivity contribution in [2.45, 2.75) is 63.8 Å². The van der Waals surface area contributed by atoms with Crippen LogP contribution in [0.5, 0.6) is 0 Å². The number of aromatic nitrogens is 1. The quantitative estimate of drug-likeness (QED) is 0.426. The van der Waals surface area contributed by atoms with Crippen molar-refractivity contribution in [2.24, 2.45) is 5.41 Å². The summed E-state index contributed by atoms with van der Waals surface area (Å²) in [5.41, 5.74) is 0.0303. The molecule has 1 aromatic heterocycles. The van der Waals surface area contributed by atoms with Crippen molar-refractivity contribution >= 4 is 11.7 Å². The highest BCUT2D eigenvalue weighted by atomic mass is 19.3. The van der Waals surface area contributed by atoms with Gasteiger partial charge in [-0.15, -0.1) is 0 Å². The molecule has 1 N–H and O–H groups in total. The van der Waals surface area contributed by atoms with Gasteiger partial charge in [0.15, 0.2) is 5.78 Å². The molecular formula is C27H34F3N3O2. The van der Waals surface area contributed by atoms with Crippen LogP contribution < -0.4 is 5.32 Å². The number of hydrogen-bond acceptors (Lipinski definition) is 4. The molecule has 8 heteroatoms. The smallest absolute Gasteiger partial charge is 0.251 e. The maximum atomic E-state index is 14.5. The number of likely N-dealkylation sites (N-methyl/N-ethyl adjacent to an activating group) is 1. The maximum absolute atomic E-state index is 14.5. The van der Waals surface area contributed by atoms with Crippen LogP contribution in [0.4, 0.5) is 13.2 Å². The SMILES string of the molecule is CCC(=O)c1ccc(C[C@@H](CNC(=O)C[C@H](c2ccccn2)C2(C(C)(F)F)CC2)N(C)C)cc1F. The molecule has 1 aromatic carbocycles. The number of nitrogens with zero attached hydrogens (tertiary/aromatic N) is 2. The molecule has 3 rings (SSSR count). The first-order valence-corrected chi connectivity index (χ1v) is 12.0. The first-order valence-electron chi connectivity index (χ1n) is 12.0. The van der Waals surface area contributed by atoms with E-state index in [1.54, 1.807) is 37.4 Å². The molecule has 0 aliphatic heterocycles. The second-order valence-corrected chi connectivity index (χ2v) is 9.77. The summed E-state index contributed by atoms with van der Waals surface area (Å²) >= 11 is 0. The van der Waals surface area contributed by atoms with E-state index in [4.69, 9.17) is 0 Å². The largest absolute Gasteiger partial charge is 0.355 e. The van der Waals surface area contributed by atoms with E-state index in [1.165, 1.54) is 12.1 Å². The Labute approximate surface area is 205 Å². The molecule has 1 aliphatic rings. The van der Waals surface area contributed by atoms with Crippen molar-refractivity contribution in [3.63, 3.8) is 0 Å². The number of ketones is 1. The van der Waals surface area contributed by atoms with Crippen LogP contribution in [0.15, 0.2) is 42.6 Å². The van der Waals surface area contributed by atoms with Crippen LogP contribution >= 0.6 is 0 Å². The fraction of sp³-hybridized carbons (Fsp3) is 0.519. The molecule has 0 bridgehead atoms. The Balaban J connectivity index is 1.68. The summed E-state index contributed by atoms with van der Waals surface area (Å²) in [6.45, 7) is 2.88. The van der Waals surface area contributed by atoms with Crippen LogP contribution in [-0.2, 0) is 11.2 Å². The summed E-state index contributed by atoms with van der Waals surface area (Å²) in [5.74, 6) is -4.72. The normalized spacial score (nSPS) is 16.6. The molecule has 0 saturated heterocycles. The van der Waals surface area contributed by atoms with Gasteiger partial charge < -0.3 is 10.2 Å². The van der Waals surface area contributed by atoms with Gasteiger partial charge in [0.05, 0.1) is 5.56 Å². The van der Waals surface area contributed by atoms with Gasteiger partial charge in [0.1, 0.15) is 5.82 Å². The van der Waals surface area contributed by atoms with E-state index in [9.17, 15) is 22.8 Å². The Morgan fingerprint density at radius 1 is 1.20 bits per heavy atom. The molecule has 1 fully saturated rings. The van der Waals surface area contributed by atoms with E-state index >= 15 is 0 Å². The molecule has 5 nitrogen and oxygen atoms in total. The lowest BCUT2D eigenvalue weighted by molar-refractivity contribution is -0.124. The van der Waals surface area contributed by atoms with E-state index in [1.807, 2.05) is 19.0 Å². The van der Waals surface area contributed by atoms with Crippen LogP contribution in [0.1, 0.15) is 67.1 Å². The number of rotatable bonds is 12. The van der Waals surface area contributed by atoms with Gasteiger partial charge in [-0.05, 0) is 70.1 Å². The number of halogens is 3. The van der Waals surface area contributed by atoms with Crippen LogP contribution in [0, 0.1) is 11.2 Å². The highest BCUT2D eigenvalue weighted by molar-refractivity contribution is 5.96. The molecule has 190 valence electrons. The minimum Gasteiger partial charge on any atom is -0.355 e. The summed E-state index contributed by atoms with van der Waals surface area (Å²) in [7, 11) is 3.71. The fourth-order valence-electron chi connectivity index (χ4n) is 4.69. The standard InChI is InChI=1S/C27H34F3N3O2/c1-5-24(34)20-10-9-18(15-22(20)28)14-19(33(3)4)17-32-25(35)16-21(23-8-6-7-13-31-23)27(11-12-27)26(2,29)30/h6-10,13,15,19,21H,5,11-12,14,16-17H2,1-4H3,(H,32,35)/t19-,21+/m0/s1. The minimum absolute atomic E-state index is 0.0771. The number of alkyl halides is 2. The minimum atomic E-state index is -2.92. The van der Waals surface area contributed by atoms with E-state index in [2.05, 4.69) is 10.3 Å². The highest BCUT2D eigenvalue weighted by Gasteiger charge is 2.64. The average Bonchev–Trinajstić information content (AvgIpc) is 3.62. The summed E-state index contributed by atoms with van der Waals surface area (Å²) < 4.78 is 43.5. The van der Waals surface area contributed by atoms with Crippen molar-refractivity contribution in [3.8, 4) is 0 Å². The molecule has 0 spiro atoms. The third-order valence-electron chi connectivity index (χ3n) is 7.16. The first-order chi connectivity index (χ1) is 16.5. The molecule has 1 aliphatic carbocycles. The second-order valence-electron chi connectivity index (χ2n) is 9.77. The fourth-order valence-corrected chi connectivity index (χ4v) is 4.69. The lowest BCUT2D eigenvalue weighted by atomic mass is 9.79. The number of Topliss-reactive ketones (excluding diaryl/α,β-unsaturated/α-hetero) is 1. The highest BCUT2D eigenvalue weighted by Crippen LogP contribution is 2.65. The van der Waals surface area contributed by atoms with Gasteiger partial charge >= 0.3 is 0 Å². The molecule has 0 unspecified atom stereocenters. The number of nitrogens with one attached hydrogen (secondary N) is 1. The molecule has 1 amide bonds. The molecule has 2 aromatic rings. The Morgan fingerprint density at radius 3 is 2.43 bits per heavy atom. The zero-order valence-corrected chi connectivity index (χ0v) is 20.8. The van der Waals surface area contributed by atoms with Crippen molar-refractivity contribution in [1.82, 2.24) is 15.2 Å². The lowest BCUT2D eigenvalue weighted by Crippen LogP contribution is -2.43. The van der Waals surface area contributed by atoms with E-state index < -0.39 is 23.1 Å². The predicted molar refractivity (Wildman–Crippen MR) is 129 cm³/mol. The van der Waals surface area contributed by atoms with Crippen molar-refractivity contribution in [1.29, 1.82) is 0 Å². The maximum Gasteiger partial charge on any atom is 0.251 e. The Kier molecular flexibility index (Phi) is 8.36. The number of pyridine rings is 1.